The van der Waals surface area contributed by atoms with Crippen LogP contribution in [0.3, 0.4) is 0 Å². The summed E-state index contributed by atoms with van der Waals surface area (Å²) in [7, 11) is 0. The molecule has 3 aromatic rings. The van der Waals surface area contributed by atoms with Gasteiger partial charge in [-0.25, -0.2) is 14.6 Å². The lowest BCUT2D eigenvalue weighted by Gasteiger charge is -2.35. The van der Waals surface area contributed by atoms with Gasteiger partial charge in [0.1, 0.15) is 0 Å². The van der Waals surface area contributed by atoms with Crippen LogP contribution in [0.25, 0.3) is 11.1 Å². The number of amides is 1. The predicted octanol–water partition coefficient (Wildman–Crippen LogP) is 5.22. The Labute approximate surface area is 197 Å². The monoisotopic (exact) mass is 465 g/mol. The number of esters is 1. The number of para-hydroxylation sites is 1. The zero-order valence-electron chi connectivity index (χ0n) is 18.5. The van der Waals surface area contributed by atoms with Crippen LogP contribution in [0.5, 0.6) is 5.75 Å². The van der Waals surface area contributed by atoms with E-state index in [9.17, 15) is 9.59 Å². The van der Waals surface area contributed by atoms with Gasteiger partial charge in [-0.1, -0.05) is 68.8 Å². The molecular formula is C25H24ClN3O4. The van der Waals surface area contributed by atoms with Gasteiger partial charge in [-0.3, -0.25) is 0 Å². The highest BCUT2D eigenvalue weighted by Gasteiger charge is 2.36. The van der Waals surface area contributed by atoms with Crippen molar-refractivity contribution in [2.24, 2.45) is 5.73 Å². The van der Waals surface area contributed by atoms with E-state index in [2.05, 4.69) is 42.6 Å². The number of hydrogen-bond donors (Lipinski definition) is 1. The van der Waals surface area contributed by atoms with Crippen molar-refractivity contribution in [3.63, 3.8) is 0 Å². The molecule has 7 nitrogen and oxygen atoms in total. The molecule has 0 aliphatic carbocycles. The summed E-state index contributed by atoms with van der Waals surface area (Å²) in [4.78, 5) is 29.9. The average molecular weight is 466 g/mol. The van der Waals surface area contributed by atoms with E-state index in [4.69, 9.17) is 22.1 Å². The largest absolute Gasteiger partial charge is 0.474 e. The summed E-state index contributed by atoms with van der Waals surface area (Å²) in [5.41, 5.74) is 8.64. The van der Waals surface area contributed by atoms with E-state index in [1.54, 1.807) is 23.2 Å². The molecule has 2 aromatic carbocycles. The molecule has 0 saturated carbocycles. The van der Waals surface area contributed by atoms with Gasteiger partial charge in [0, 0.05) is 11.8 Å². The molecule has 0 bridgehead atoms. The number of fused-ring (bicyclic) bond motifs is 1. The highest BCUT2D eigenvalue weighted by molar-refractivity contribution is 6.33. The van der Waals surface area contributed by atoms with Crippen LogP contribution in [0.4, 0.5) is 16.3 Å². The molecular weight excluding hydrogens is 442 g/mol. The van der Waals surface area contributed by atoms with Crippen LogP contribution in [0.15, 0.2) is 60.8 Å². The molecule has 0 saturated heterocycles. The second kappa shape index (κ2) is 8.75. The molecule has 33 heavy (non-hydrogen) atoms. The van der Waals surface area contributed by atoms with Crippen LogP contribution < -0.4 is 15.4 Å². The zero-order chi connectivity index (χ0) is 23.8. The van der Waals surface area contributed by atoms with Crippen molar-refractivity contribution in [2.45, 2.75) is 32.3 Å². The summed E-state index contributed by atoms with van der Waals surface area (Å²) >= 11 is 6.42. The third-order valence-electron chi connectivity index (χ3n) is 5.41. The van der Waals surface area contributed by atoms with Gasteiger partial charge in [-0.05, 0) is 34.7 Å². The summed E-state index contributed by atoms with van der Waals surface area (Å²) in [5, 5.41) is 0.410. The number of hydrogen-bond acceptors (Lipinski definition) is 6. The number of carbonyl (C=O) groups is 2. The maximum Gasteiger partial charge on any atom is 0.412 e. The number of benzene rings is 2. The third kappa shape index (κ3) is 4.64. The van der Waals surface area contributed by atoms with Crippen LogP contribution in [-0.4, -0.2) is 29.7 Å². The van der Waals surface area contributed by atoms with Crippen molar-refractivity contribution in [2.75, 3.05) is 11.4 Å². The molecule has 1 aliphatic heterocycles. The molecule has 2 N–H and O–H groups in total. The lowest BCUT2D eigenvalue weighted by molar-refractivity contribution is -0.144. The summed E-state index contributed by atoms with van der Waals surface area (Å²) < 4.78 is 10.7. The predicted molar refractivity (Wildman–Crippen MR) is 127 cm³/mol. The second-order valence-electron chi connectivity index (χ2n) is 8.75. The summed E-state index contributed by atoms with van der Waals surface area (Å²) in [5.74, 6) is 0.0318. The Morgan fingerprint density at radius 3 is 2.48 bits per heavy atom. The van der Waals surface area contributed by atoms with Crippen LogP contribution in [0.1, 0.15) is 26.3 Å². The molecule has 0 spiro atoms. The summed E-state index contributed by atoms with van der Waals surface area (Å²) in [6, 6.07) is 17.3. The molecule has 2 heterocycles. The number of carbonyl (C=O) groups excluding carboxylic acids is 2. The van der Waals surface area contributed by atoms with E-state index < -0.39 is 18.2 Å². The molecule has 4 rings (SSSR count). The number of aromatic nitrogens is 1. The van der Waals surface area contributed by atoms with Crippen molar-refractivity contribution >= 4 is 35.2 Å². The van der Waals surface area contributed by atoms with Crippen LogP contribution >= 0.6 is 11.6 Å². The smallest absolute Gasteiger partial charge is 0.412 e. The van der Waals surface area contributed by atoms with Crippen LogP contribution in [0.2, 0.25) is 5.02 Å². The second-order valence-corrected chi connectivity index (χ2v) is 9.15. The third-order valence-corrected chi connectivity index (χ3v) is 5.71. The average Bonchev–Trinajstić information content (AvgIpc) is 2.77. The van der Waals surface area contributed by atoms with Gasteiger partial charge in [0.2, 0.25) is 6.10 Å². The molecule has 170 valence electrons. The van der Waals surface area contributed by atoms with E-state index in [-0.39, 0.29) is 12.0 Å². The molecule has 1 unspecified atom stereocenters. The summed E-state index contributed by atoms with van der Waals surface area (Å²) in [6.45, 7) is 6.50. The number of primary amides is 1. The number of rotatable bonds is 3. The van der Waals surface area contributed by atoms with E-state index in [0.29, 0.717) is 22.3 Å². The van der Waals surface area contributed by atoms with Crippen molar-refractivity contribution in [3.8, 4) is 16.9 Å². The first-order valence-electron chi connectivity index (χ1n) is 10.4. The Balaban J connectivity index is 1.83. The topological polar surface area (TPSA) is 94.8 Å². The van der Waals surface area contributed by atoms with Gasteiger partial charge in [0.15, 0.2) is 11.6 Å². The van der Waals surface area contributed by atoms with Gasteiger partial charge >= 0.3 is 12.1 Å². The quantitative estimate of drug-likeness (QED) is 0.421. The lowest BCUT2D eigenvalue weighted by atomic mass is 9.86. The van der Waals surface area contributed by atoms with Gasteiger partial charge in [0.05, 0.1) is 17.3 Å². The molecule has 1 aromatic heterocycles. The number of anilines is 2. The molecule has 0 radical (unpaired) electrons. The van der Waals surface area contributed by atoms with Crippen molar-refractivity contribution < 1.29 is 19.1 Å². The highest BCUT2D eigenvalue weighted by Crippen LogP contribution is 2.45. The number of nitrogens with zero attached hydrogens (tertiary/aromatic N) is 2. The number of ether oxygens (including phenoxy) is 2. The Morgan fingerprint density at radius 2 is 1.85 bits per heavy atom. The number of pyridine rings is 1. The first-order valence-corrected chi connectivity index (χ1v) is 10.8. The first-order chi connectivity index (χ1) is 15.6. The first kappa shape index (κ1) is 22.6. The van der Waals surface area contributed by atoms with Gasteiger partial charge in [0.25, 0.3) is 0 Å². The molecule has 0 fully saturated rings. The van der Waals surface area contributed by atoms with E-state index in [1.807, 2.05) is 30.3 Å². The van der Waals surface area contributed by atoms with E-state index >= 15 is 0 Å². The van der Waals surface area contributed by atoms with Crippen molar-refractivity contribution in [1.82, 2.24) is 4.98 Å². The molecule has 1 aliphatic rings. The Kier molecular flexibility index (Phi) is 5.99. The number of halogens is 1. The minimum absolute atomic E-state index is 0.0152. The Hall–Kier alpha value is -3.58. The maximum atomic E-state index is 12.6. The fourth-order valence-electron chi connectivity index (χ4n) is 3.75. The number of nitrogens with two attached hydrogens (primary N) is 1. The van der Waals surface area contributed by atoms with Gasteiger partial charge in [-0.2, -0.15) is 0 Å². The van der Waals surface area contributed by atoms with Crippen LogP contribution in [-0.2, 0) is 14.9 Å². The lowest BCUT2D eigenvalue weighted by Crippen LogP contribution is -2.44. The standard InChI is InChI=1S/C25H24ClN3O4/c1-25(2,3)16-11-9-15(10-12-16)17-6-4-8-19-21(17)32-20(23(30)33-24(27)31)14-29(19)22-18(26)7-5-13-28-22/h4-13,20H,14H2,1-3H3,(H2,27,31). The summed E-state index contributed by atoms with van der Waals surface area (Å²) in [6.07, 6.45) is -0.691. The Bertz CT molecular complexity index is 1210. The van der Waals surface area contributed by atoms with Crippen molar-refractivity contribution in [3.05, 3.63) is 71.4 Å². The molecule has 1 amide bonds. The van der Waals surface area contributed by atoms with Gasteiger partial charge < -0.3 is 20.1 Å². The minimum atomic E-state index is -1.19. The van der Waals surface area contributed by atoms with E-state index in [0.717, 1.165) is 11.1 Å². The SMILES string of the molecule is CC(C)(C)c1ccc(-c2cccc3c2OC(C(=O)OC(N)=O)CN3c2ncccc2Cl)cc1. The molecule has 8 heteroatoms. The van der Waals surface area contributed by atoms with Crippen LogP contribution in [0, 0.1) is 0 Å². The van der Waals surface area contributed by atoms with E-state index in [1.165, 1.54) is 5.56 Å². The van der Waals surface area contributed by atoms with Gasteiger partial charge in [-0.15, -0.1) is 0 Å². The maximum absolute atomic E-state index is 12.6. The fourth-order valence-corrected chi connectivity index (χ4v) is 3.97. The highest BCUT2D eigenvalue weighted by atomic mass is 35.5. The normalized spacial score (nSPS) is 15.4. The zero-order valence-corrected chi connectivity index (χ0v) is 19.3. The fraction of sp³-hybridized carbons (Fsp3) is 0.240. The Morgan fingerprint density at radius 1 is 1.12 bits per heavy atom. The van der Waals surface area contributed by atoms with Crippen molar-refractivity contribution in [1.29, 1.82) is 0 Å². The minimum Gasteiger partial charge on any atom is -0.474 e. The molecule has 1 atom stereocenters.